The van der Waals surface area contributed by atoms with E-state index in [2.05, 4.69) is 0 Å². The number of carboxylic acids is 1. The Balaban J connectivity index is 2.38. The van der Waals surface area contributed by atoms with E-state index in [9.17, 15) is 9.90 Å². The Labute approximate surface area is 140 Å². The molecule has 0 saturated heterocycles. The topological polar surface area (TPSA) is 59.4 Å². The lowest BCUT2D eigenvalue weighted by Crippen LogP contribution is -2.02. The lowest BCUT2D eigenvalue weighted by atomic mass is 9.99. The van der Waals surface area contributed by atoms with Crippen molar-refractivity contribution in [3.05, 3.63) is 59.2 Å². The molecule has 0 radical (unpaired) electrons. The first-order valence-corrected chi connectivity index (χ1v) is 7.86. The molecule has 4 heteroatoms. The number of aromatic carboxylic acids is 1. The largest absolute Gasteiger partial charge is 0.496 e. The number of aromatic nitrogens is 1. The molecule has 1 N–H and O–H groups in total. The van der Waals surface area contributed by atoms with E-state index in [1.807, 2.05) is 50.2 Å². The Hall–Kier alpha value is -2.88. The first kappa shape index (κ1) is 16.0. The van der Waals surface area contributed by atoms with Gasteiger partial charge < -0.3 is 9.84 Å². The molecule has 24 heavy (non-hydrogen) atoms. The normalized spacial score (nSPS) is 10.8. The minimum absolute atomic E-state index is 0.258. The van der Waals surface area contributed by atoms with Crippen LogP contribution in [-0.4, -0.2) is 23.2 Å². The lowest BCUT2D eigenvalue weighted by Gasteiger charge is -2.13. The van der Waals surface area contributed by atoms with E-state index < -0.39 is 5.97 Å². The average molecular weight is 321 g/mol. The molecule has 122 valence electrons. The molecule has 0 aliphatic heterocycles. The predicted octanol–water partition coefficient (Wildman–Crippen LogP) is 4.48. The molecule has 0 amide bonds. The number of para-hydroxylation sites is 1. The Kier molecular flexibility index (Phi) is 4.21. The number of ether oxygens (including phenoxy) is 1. The summed E-state index contributed by atoms with van der Waals surface area (Å²) in [5.41, 5.74) is 4.50. The zero-order valence-electron chi connectivity index (χ0n) is 14.0. The van der Waals surface area contributed by atoms with Gasteiger partial charge in [-0.1, -0.05) is 36.8 Å². The summed E-state index contributed by atoms with van der Waals surface area (Å²) in [5.74, 6) is -0.277. The number of fused-ring (bicyclic) bond motifs is 1. The van der Waals surface area contributed by atoms with Gasteiger partial charge in [0, 0.05) is 10.9 Å². The number of pyridine rings is 1. The fourth-order valence-corrected chi connectivity index (χ4v) is 2.93. The van der Waals surface area contributed by atoms with Crippen molar-refractivity contribution in [1.82, 2.24) is 4.98 Å². The predicted molar refractivity (Wildman–Crippen MR) is 94.8 cm³/mol. The zero-order valence-corrected chi connectivity index (χ0v) is 14.0. The van der Waals surface area contributed by atoms with E-state index in [1.165, 1.54) is 0 Å². The molecule has 0 aliphatic carbocycles. The van der Waals surface area contributed by atoms with Crippen LogP contribution in [0.5, 0.6) is 5.75 Å². The quantitative estimate of drug-likeness (QED) is 0.769. The summed E-state index contributed by atoms with van der Waals surface area (Å²) < 4.78 is 5.44. The van der Waals surface area contributed by atoms with Gasteiger partial charge in [0.2, 0.25) is 0 Å². The number of hydrogen-bond donors (Lipinski definition) is 1. The summed E-state index contributed by atoms with van der Waals surface area (Å²) >= 11 is 0. The zero-order chi connectivity index (χ0) is 17.3. The van der Waals surface area contributed by atoms with Crippen molar-refractivity contribution in [2.45, 2.75) is 20.3 Å². The van der Waals surface area contributed by atoms with Crippen molar-refractivity contribution in [2.75, 3.05) is 7.11 Å². The van der Waals surface area contributed by atoms with Crippen molar-refractivity contribution >= 4 is 16.9 Å². The third kappa shape index (κ3) is 2.71. The van der Waals surface area contributed by atoms with Crippen LogP contribution < -0.4 is 4.74 Å². The molecule has 3 aromatic rings. The molecule has 0 fully saturated rings. The van der Waals surface area contributed by atoms with Gasteiger partial charge in [-0.15, -0.1) is 0 Å². The number of rotatable bonds is 4. The monoisotopic (exact) mass is 321 g/mol. The van der Waals surface area contributed by atoms with Crippen LogP contribution in [0.2, 0.25) is 0 Å². The standard InChI is InChI=1S/C20H19NO3/c1-4-13-6-5-7-14-15(20(22)23)11-17(21-19(13)14)16-10-12(2)8-9-18(16)24-3/h5-11H,4H2,1-3H3,(H,22,23). The van der Waals surface area contributed by atoms with Gasteiger partial charge in [-0.25, -0.2) is 9.78 Å². The molecule has 0 atom stereocenters. The second-order valence-corrected chi connectivity index (χ2v) is 5.73. The van der Waals surface area contributed by atoms with Gasteiger partial charge in [-0.2, -0.15) is 0 Å². The SMILES string of the molecule is CCc1cccc2c(C(=O)O)cc(-c3cc(C)ccc3OC)nc12. The molecular weight excluding hydrogens is 302 g/mol. The molecule has 4 nitrogen and oxygen atoms in total. The number of aryl methyl sites for hydroxylation is 2. The highest BCUT2D eigenvalue weighted by Gasteiger charge is 2.16. The molecule has 3 rings (SSSR count). The molecule has 0 unspecified atom stereocenters. The van der Waals surface area contributed by atoms with Crippen LogP contribution in [0.4, 0.5) is 0 Å². The van der Waals surface area contributed by atoms with E-state index in [1.54, 1.807) is 13.2 Å². The van der Waals surface area contributed by atoms with Crippen LogP contribution in [0.25, 0.3) is 22.2 Å². The van der Waals surface area contributed by atoms with E-state index in [4.69, 9.17) is 9.72 Å². The van der Waals surface area contributed by atoms with E-state index in [0.29, 0.717) is 16.8 Å². The number of hydrogen-bond acceptors (Lipinski definition) is 3. The second kappa shape index (κ2) is 6.32. The minimum Gasteiger partial charge on any atom is -0.496 e. The smallest absolute Gasteiger partial charge is 0.336 e. The van der Waals surface area contributed by atoms with Crippen molar-refractivity contribution in [3.8, 4) is 17.0 Å². The van der Waals surface area contributed by atoms with Gasteiger partial charge in [0.25, 0.3) is 0 Å². The molecule has 1 aromatic heterocycles. The van der Waals surface area contributed by atoms with Gasteiger partial charge in [-0.05, 0) is 37.1 Å². The van der Waals surface area contributed by atoms with Crippen LogP contribution in [0.1, 0.15) is 28.4 Å². The third-order valence-electron chi connectivity index (χ3n) is 4.17. The van der Waals surface area contributed by atoms with Crippen LogP contribution >= 0.6 is 0 Å². The van der Waals surface area contributed by atoms with Crippen LogP contribution in [0, 0.1) is 6.92 Å². The first-order valence-electron chi connectivity index (χ1n) is 7.86. The Morgan fingerprint density at radius 3 is 2.67 bits per heavy atom. The number of nitrogens with zero attached hydrogens (tertiary/aromatic N) is 1. The van der Waals surface area contributed by atoms with Gasteiger partial charge in [0.15, 0.2) is 0 Å². The summed E-state index contributed by atoms with van der Waals surface area (Å²) in [5, 5.41) is 10.3. The van der Waals surface area contributed by atoms with Crippen molar-refractivity contribution in [3.63, 3.8) is 0 Å². The Bertz CT molecular complexity index is 932. The number of benzene rings is 2. The molecule has 0 aliphatic rings. The number of methoxy groups -OCH3 is 1. The van der Waals surface area contributed by atoms with Gasteiger partial charge in [0.1, 0.15) is 5.75 Å². The number of carbonyl (C=O) groups is 1. The molecule has 0 spiro atoms. The number of carboxylic acid groups (broad SMARTS) is 1. The van der Waals surface area contributed by atoms with Crippen molar-refractivity contribution < 1.29 is 14.6 Å². The lowest BCUT2D eigenvalue weighted by molar-refractivity contribution is 0.0699. The maximum atomic E-state index is 11.8. The highest BCUT2D eigenvalue weighted by Crippen LogP contribution is 2.33. The highest BCUT2D eigenvalue weighted by atomic mass is 16.5. The minimum atomic E-state index is -0.955. The van der Waals surface area contributed by atoms with Gasteiger partial charge >= 0.3 is 5.97 Å². The maximum Gasteiger partial charge on any atom is 0.336 e. The van der Waals surface area contributed by atoms with Gasteiger partial charge in [-0.3, -0.25) is 0 Å². The third-order valence-corrected chi connectivity index (χ3v) is 4.17. The summed E-state index contributed by atoms with van der Waals surface area (Å²) in [6, 6.07) is 13.1. The molecule has 0 bridgehead atoms. The van der Waals surface area contributed by atoms with E-state index in [-0.39, 0.29) is 5.56 Å². The van der Waals surface area contributed by atoms with Gasteiger partial charge in [0.05, 0.1) is 23.9 Å². The molecule has 2 aromatic carbocycles. The Morgan fingerprint density at radius 2 is 2.00 bits per heavy atom. The first-order chi connectivity index (χ1) is 11.5. The Morgan fingerprint density at radius 1 is 1.21 bits per heavy atom. The van der Waals surface area contributed by atoms with E-state index in [0.717, 1.165) is 28.6 Å². The summed E-state index contributed by atoms with van der Waals surface area (Å²) in [4.78, 5) is 16.5. The fraction of sp³-hybridized carbons (Fsp3) is 0.200. The van der Waals surface area contributed by atoms with E-state index >= 15 is 0 Å². The molecule has 0 saturated carbocycles. The van der Waals surface area contributed by atoms with Crippen molar-refractivity contribution in [2.24, 2.45) is 0 Å². The van der Waals surface area contributed by atoms with Crippen molar-refractivity contribution in [1.29, 1.82) is 0 Å². The van der Waals surface area contributed by atoms with Crippen LogP contribution in [0.15, 0.2) is 42.5 Å². The fourth-order valence-electron chi connectivity index (χ4n) is 2.93. The highest BCUT2D eigenvalue weighted by molar-refractivity contribution is 6.04. The van der Waals surface area contributed by atoms with Crippen LogP contribution in [-0.2, 0) is 6.42 Å². The molecular formula is C20H19NO3. The molecule has 1 heterocycles. The maximum absolute atomic E-state index is 11.8. The second-order valence-electron chi connectivity index (χ2n) is 5.73. The van der Waals surface area contributed by atoms with Crippen LogP contribution in [0.3, 0.4) is 0 Å². The summed E-state index contributed by atoms with van der Waals surface area (Å²) in [6.07, 6.45) is 0.789. The summed E-state index contributed by atoms with van der Waals surface area (Å²) in [7, 11) is 1.60. The summed E-state index contributed by atoms with van der Waals surface area (Å²) in [6.45, 7) is 4.02. The average Bonchev–Trinajstić information content (AvgIpc) is 2.59.